The summed E-state index contributed by atoms with van der Waals surface area (Å²) in [5.74, 6) is -2.40. The van der Waals surface area contributed by atoms with Crippen LogP contribution >= 0.6 is 0 Å². The highest BCUT2D eigenvalue weighted by atomic mass is 16.4. The van der Waals surface area contributed by atoms with Crippen molar-refractivity contribution in [2.75, 3.05) is 0 Å². The Bertz CT molecular complexity index is 319. The third-order valence-corrected chi connectivity index (χ3v) is 2.84. The first kappa shape index (κ1) is 16.2. The van der Waals surface area contributed by atoms with Crippen LogP contribution in [0.25, 0.3) is 0 Å². The minimum absolute atomic E-state index is 0.116. The number of hydrogen-bond acceptors (Lipinski definition) is 3. The molecule has 2 unspecified atom stereocenters. The second-order valence-electron chi connectivity index (χ2n) is 4.28. The Hall–Kier alpha value is -1.79. The molecule has 104 valence electrons. The van der Waals surface area contributed by atoms with Gasteiger partial charge in [-0.2, -0.15) is 0 Å². The van der Waals surface area contributed by atoms with Gasteiger partial charge in [0.2, 0.25) is 0 Å². The SMILES string of the molecule is CCC(C)C(C)NC(=O)N[C@H](CC(=O)O)C(=O)O. The lowest BCUT2D eigenvalue weighted by molar-refractivity contribution is -0.145. The van der Waals surface area contributed by atoms with Crippen LogP contribution in [0.5, 0.6) is 0 Å². The molecule has 0 aromatic rings. The molecule has 3 atom stereocenters. The lowest BCUT2D eigenvalue weighted by atomic mass is 10.0. The van der Waals surface area contributed by atoms with Gasteiger partial charge in [0.1, 0.15) is 6.04 Å². The highest BCUT2D eigenvalue weighted by Crippen LogP contribution is 2.06. The van der Waals surface area contributed by atoms with Crippen molar-refractivity contribution in [2.24, 2.45) is 5.92 Å². The minimum Gasteiger partial charge on any atom is -0.481 e. The van der Waals surface area contributed by atoms with E-state index in [9.17, 15) is 14.4 Å². The number of carboxylic acid groups (broad SMARTS) is 2. The molecule has 2 amide bonds. The van der Waals surface area contributed by atoms with Gasteiger partial charge >= 0.3 is 18.0 Å². The van der Waals surface area contributed by atoms with E-state index in [0.29, 0.717) is 0 Å². The van der Waals surface area contributed by atoms with Gasteiger partial charge in [-0.1, -0.05) is 20.3 Å². The molecule has 18 heavy (non-hydrogen) atoms. The van der Waals surface area contributed by atoms with E-state index in [1.807, 2.05) is 13.8 Å². The van der Waals surface area contributed by atoms with Crippen molar-refractivity contribution in [1.82, 2.24) is 10.6 Å². The fourth-order valence-corrected chi connectivity index (χ4v) is 1.28. The molecule has 0 radical (unpaired) electrons. The van der Waals surface area contributed by atoms with Crippen LogP contribution in [0, 0.1) is 5.92 Å². The summed E-state index contributed by atoms with van der Waals surface area (Å²) in [6.07, 6.45) is 0.222. The van der Waals surface area contributed by atoms with Crippen molar-refractivity contribution in [3.63, 3.8) is 0 Å². The predicted molar refractivity (Wildman–Crippen MR) is 64.3 cm³/mol. The molecule has 7 nitrogen and oxygen atoms in total. The monoisotopic (exact) mass is 260 g/mol. The Labute approximate surface area is 106 Å². The van der Waals surface area contributed by atoms with Crippen molar-refractivity contribution in [3.8, 4) is 0 Å². The molecule has 0 bridgehead atoms. The Morgan fingerprint density at radius 2 is 1.67 bits per heavy atom. The van der Waals surface area contributed by atoms with E-state index in [2.05, 4.69) is 10.6 Å². The average Bonchev–Trinajstić information content (AvgIpc) is 2.25. The summed E-state index contributed by atoms with van der Waals surface area (Å²) in [7, 11) is 0. The fourth-order valence-electron chi connectivity index (χ4n) is 1.28. The van der Waals surface area contributed by atoms with E-state index in [4.69, 9.17) is 10.2 Å². The zero-order valence-electron chi connectivity index (χ0n) is 10.8. The number of amides is 2. The number of carbonyl (C=O) groups is 3. The van der Waals surface area contributed by atoms with Gasteiger partial charge in [0, 0.05) is 6.04 Å². The second kappa shape index (κ2) is 7.52. The quantitative estimate of drug-likeness (QED) is 0.536. The van der Waals surface area contributed by atoms with E-state index in [0.717, 1.165) is 6.42 Å². The molecule has 0 aliphatic carbocycles. The van der Waals surface area contributed by atoms with Crippen LogP contribution in [-0.2, 0) is 9.59 Å². The highest BCUT2D eigenvalue weighted by Gasteiger charge is 2.24. The van der Waals surface area contributed by atoms with Crippen molar-refractivity contribution < 1.29 is 24.6 Å². The number of urea groups is 1. The van der Waals surface area contributed by atoms with Crippen molar-refractivity contribution in [1.29, 1.82) is 0 Å². The summed E-state index contributed by atoms with van der Waals surface area (Å²) in [5.41, 5.74) is 0. The molecule has 0 saturated heterocycles. The topological polar surface area (TPSA) is 116 Å². The Balaban J connectivity index is 4.34. The van der Waals surface area contributed by atoms with E-state index < -0.39 is 30.4 Å². The summed E-state index contributed by atoms with van der Waals surface area (Å²) in [4.78, 5) is 32.7. The molecule has 7 heteroatoms. The maximum absolute atomic E-state index is 11.5. The van der Waals surface area contributed by atoms with Crippen LogP contribution in [-0.4, -0.2) is 40.3 Å². The zero-order valence-corrected chi connectivity index (χ0v) is 10.8. The first-order chi connectivity index (χ1) is 8.27. The summed E-state index contributed by atoms with van der Waals surface area (Å²) in [5, 5.41) is 22.0. The largest absolute Gasteiger partial charge is 0.481 e. The minimum atomic E-state index is -1.42. The Morgan fingerprint density at radius 1 is 1.11 bits per heavy atom. The molecule has 0 aliphatic rings. The van der Waals surface area contributed by atoms with Gasteiger partial charge in [0.25, 0.3) is 0 Å². The standard InChI is InChI=1S/C11H20N2O5/c1-4-6(2)7(3)12-11(18)13-8(10(16)17)5-9(14)15/h6-8H,4-5H2,1-3H3,(H,14,15)(H,16,17)(H2,12,13,18)/t6?,7?,8-/m1/s1. The second-order valence-corrected chi connectivity index (χ2v) is 4.28. The normalized spacial score (nSPS) is 15.3. The van der Waals surface area contributed by atoms with E-state index in [1.54, 1.807) is 6.92 Å². The average molecular weight is 260 g/mol. The highest BCUT2D eigenvalue weighted by molar-refractivity contribution is 5.86. The molecule has 0 aromatic carbocycles. The van der Waals surface area contributed by atoms with Crippen molar-refractivity contribution >= 4 is 18.0 Å². The zero-order chi connectivity index (χ0) is 14.3. The van der Waals surface area contributed by atoms with Crippen LogP contribution in [0.4, 0.5) is 4.79 Å². The summed E-state index contributed by atoms with van der Waals surface area (Å²) >= 11 is 0. The van der Waals surface area contributed by atoms with Gasteiger partial charge < -0.3 is 20.8 Å². The molecule has 0 aliphatic heterocycles. The number of carbonyl (C=O) groups excluding carboxylic acids is 1. The number of carboxylic acids is 2. The molecular weight excluding hydrogens is 240 g/mol. The van der Waals surface area contributed by atoms with Gasteiger partial charge in [-0.3, -0.25) is 4.79 Å². The maximum atomic E-state index is 11.5. The summed E-state index contributed by atoms with van der Waals surface area (Å²) in [6.45, 7) is 5.74. The molecule has 4 N–H and O–H groups in total. The molecule has 0 fully saturated rings. The van der Waals surface area contributed by atoms with Crippen LogP contribution in [0.1, 0.15) is 33.6 Å². The first-order valence-corrected chi connectivity index (χ1v) is 5.79. The van der Waals surface area contributed by atoms with Crippen LogP contribution in [0.3, 0.4) is 0 Å². The van der Waals surface area contributed by atoms with Crippen LogP contribution < -0.4 is 10.6 Å². The smallest absolute Gasteiger partial charge is 0.326 e. The number of hydrogen-bond donors (Lipinski definition) is 4. The van der Waals surface area contributed by atoms with E-state index >= 15 is 0 Å². The van der Waals surface area contributed by atoms with Gasteiger partial charge in [-0.05, 0) is 12.8 Å². The Morgan fingerprint density at radius 3 is 2.06 bits per heavy atom. The third kappa shape index (κ3) is 6.07. The molecule has 0 spiro atoms. The number of rotatable bonds is 7. The fraction of sp³-hybridized carbons (Fsp3) is 0.727. The lowest BCUT2D eigenvalue weighted by Crippen LogP contribution is -2.50. The number of nitrogens with one attached hydrogen (secondary N) is 2. The van der Waals surface area contributed by atoms with Gasteiger partial charge in [-0.25, -0.2) is 9.59 Å². The van der Waals surface area contributed by atoms with Crippen molar-refractivity contribution in [2.45, 2.75) is 45.7 Å². The molecule has 0 heterocycles. The first-order valence-electron chi connectivity index (χ1n) is 5.79. The summed E-state index contributed by atoms with van der Waals surface area (Å²) in [6, 6.07) is -2.21. The van der Waals surface area contributed by atoms with Crippen LogP contribution in [0.2, 0.25) is 0 Å². The molecule has 0 aromatic heterocycles. The lowest BCUT2D eigenvalue weighted by Gasteiger charge is -2.21. The molecule has 0 rings (SSSR count). The van der Waals surface area contributed by atoms with E-state index in [-0.39, 0.29) is 12.0 Å². The van der Waals surface area contributed by atoms with Gasteiger partial charge in [0.15, 0.2) is 0 Å². The Kier molecular flexibility index (Phi) is 6.77. The van der Waals surface area contributed by atoms with E-state index in [1.165, 1.54) is 0 Å². The molecule has 0 saturated carbocycles. The summed E-state index contributed by atoms with van der Waals surface area (Å²) < 4.78 is 0. The van der Waals surface area contributed by atoms with Crippen molar-refractivity contribution in [3.05, 3.63) is 0 Å². The number of aliphatic carboxylic acids is 2. The van der Waals surface area contributed by atoms with Gasteiger partial charge in [-0.15, -0.1) is 0 Å². The van der Waals surface area contributed by atoms with Crippen LogP contribution in [0.15, 0.2) is 0 Å². The maximum Gasteiger partial charge on any atom is 0.326 e. The third-order valence-electron chi connectivity index (χ3n) is 2.84. The molecular formula is C11H20N2O5. The predicted octanol–water partition coefficient (Wildman–Crippen LogP) is 0.648. The van der Waals surface area contributed by atoms with Gasteiger partial charge in [0.05, 0.1) is 6.42 Å².